The minimum atomic E-state index is 0.743. The maximum Gasteiger partial charge on any atom is 0.151 e. The van der Waals surface area contributed by atoms with Gasteiger partial charge in [-0.3, -0.25) is 9.47 Å². The number of hydrogen-bond donors (Lipinski definition) is 0. The Labute approximate surface area is 158 Å². The van der Waals surface area contributed by atoms with Crippen molar-refractivity contribution >= 4 is 32.9 Å². The van der Waals surface area contributed by atoms with Gasteiger partial charge in [0.1, 0.15) is 17.0 Å². The molecule has 0 N–H and O–H groups in total. The third-order valence-electron chi connectivity index (χ3n) is 4.47. The van der Waals surface area contributed by atoms with Crippen LogP contribution >= 0.6 is 22.7 Å². The molecule has 132 valence electrons. The summed E-state index contributed by atoms with van der Waals surface area (Å²) in [5, 5.41) is 5.38. The summed E-state index contributed by atoms with van der Waals surface area (Å²) in [6.07, 6.45) is 5.53. The molecule has 1 saturated heterocycles. The lowest BCUT2D eigenvalue weighted by Gasteiger charge is -2.25. The number of nitrogens with zero attached hydrogens (tertiary/aromatic N) is 5. The summed E-state index contributed by atoms with van der Waals surface area (Å²) >= 11 is 3.42. The molecule has 0 saturated carbocycles. The van der Waals surface area contributed by atoms with Gasteiger partial charge in [0, 0.05) is 41.3 Å². The number of ether oxygens (including phenoxy) is 1. The molecule has 5 rings (SSSR count). The number of aromatic nitrogens is 4. The smallest absolute Gasteiger partial charge is 0.151 e. The molecule has 1 aliphatic heterocycles. The molecule has 6 nitrogen and oxygen atoms in total. The van der Waals surface area contributed by atoms with Gasteiger partial charge in [-0.2, -0.15) is 0 Å². The van der Waals surface area contributed by atoms with Crippen LogP contribution in [0, 0.1) is 0 Å². The number of rotatable bonds is 4. The SMILES string of the molecule is c1csc(-c2csc3nc(CN4CCOCC4)nc(-n4ccnc4)c23)c1. The van der Waals surface area contributed by atoms with Crippen molar-refractivity contribution in [3.05, 3.63) is 47.4 Å². The Hall–Kier alpha value is -2.13. The van der Waals surface area contributed by atoms with E-state index in [1.54, 1.807) is 35.2 Å². The summed E-state index contributed by atoms with van der Waals surface area (Å²) in [5.41, 5.74) is 1.20. The lowest BCUT2D eigenvalue weighted by Crippen LogP contribution is -2.36. The van der Waals surface area contributed by atoms with Crippen molar-refractivity contribution in [1.82, 2.24) is 24.4 Å². The zero-order valence-corrected chi connectivity index (χ0v) is 15.7. The summed E-state index contributed by atoms with van der Waals surface area (Å²) in [5.74, 6) is 1.75. The topological polar surface area (TPSA) is 56.1 Å². The predicted molar refractivity (Wildman–Crippen MR) is 104 cm³/mol. The number of hydrogen-bond acceptors (Lipinski definition) is 7. The molecule has 8 heteroatoms. The molecule has 4 aromatic heterocycles. The molecule has 0 radical (unpaired) electrons. The van der Waals surface area contributed by atoms with Gasteiger partial charge in [-0.25, -0.2) is 15.0 Å². The molecule has 0 aromatic carbocycles. The molecular formula is C18H17N5OS2. The zero-order valence-electron chi connectivity index (χ0n) is 14.0. The number of thiophene rings is 2. The summed E-state index contributed by atoms with van der Waals surface area (Å²) in [7, 11) is 0. The number of morpholine rings is 1. The predicted octanol–water partition coefficient (Wildman–Crippen LogP) is 3.44. The quantitative estimate of drug-likeness (QED) is 0.540. The van der Waals surface area contributed by atoms with Crippen LogP contribution in [0.3, 0.4) is 0 Å². The minimum absolute atomic E-state index is 0.743. The van der Waals surface area contributed by atoms with Crippen LogP contribution in [0.4, 0.5) is 0 Å². The van der Waals surface area contributed by atoms with E-state index in [1.165, 1.54) is 10.4 Å². The van der Waals surface area contributed by atoms with Crippen molar-refractivity contribution in [1.29, 1.82) is 0 Å². The Morgan fingerprint density at radius 3 is 2.85 bits per heavy atom. The van der Waals surface area contributed by atoms with Crippen molar-refractivity contribution < 1.29 is 4.74 Å². The van der Waals surface area contributed by atoms with Crippen LogP contribution in [0.5, 0.6) is 0 Å². The molecule has 0 bridgehead atoms. The van der Waals surface area contributed by atoms with Crippen LogP contribution in [0.2, 0.25) is 0 Å². The third kappa shape index (κ3) is 2.95. The highest BCUT2D eigenvalue weighted by atomic mass is 32.1. The standard InChI is InChI=1S/C18H17N5OS2/c1-2-14(25-9-1)13-11-26-18-16(13)17(23-4-3-19-12-23)20-15(21-18)10-22-5-7-24-8-6-22/h1-4,9,11-12H,5-8,10H2. The van der Waals surface area contributed by atoms with Gasteiger partial charge in [-0.15, -0.1) is 22.7 Å². The second kappa shape index (κ2) is 6.88. The Balaban J connectivity index is 1.63. The van der Waals surface area contributed by atoms with Crippen LogP contribution in [-0.2, 0) is 11.3 Å². The Bertz CT molecular complexity index is 1000. The molecular weight excluding hydrogens is 366 g/mol. The molecule has 4 aromatic rings. The highest BCUT2D eigenvalue weighted by Crippen LogP contribution is 2.38. The number of imidazole rings is 1. The zero-order chi connectivity index (χ0) is 17.3. The molecule has 5 heterocycles. The Morgan fingerprint density at radius 2 is 2.08 bits per heavy atom. The van der Waals surface area contributed by atoms with Gasteiger partial charge >= 0.3 is 0 Å². The molecule has 0 aliphatic carbocycles. The van der Waals surface area contributed by atoms with Crippen molar-refractivity contribution in [2.75, 3.05) is 26.3 Å². The fourth-order valence-electron chi connectivity index (χ4n) is 3.18. The van der Waals surface area contributed by atoms with Crippen molar-refractivity contribution in [2.45, 2.75) is 6.54 Å². The number of fused-ring (bicyclic) bond motifs is 1. The second-order valence-corrected chi connectivity index (χ2v) is 7.93. The van der Waals surface area contributed by atoms with Gasteiger partial charge in [0.2, 0.25) is 0 Å². The monoisotopic (exact) mass is 383 g/mol. The van der Waals surface area contributed by atoms with Crippen molar-refractivity contribution in [2.24, 2.45) is 0 Å². The molecule has 1 fully saturated rings. The first-order valence-electron chi connectivity index (χ1n) is 8.49. The lowest BCUT2D eigenvalue weighted by atomic mass is 10.2. The van der Waals surface area contributed by atoms with E-state index < -0.39 is 0 Å². The molecule has 0 spiro atoms. The van der Waals surface area contributed by atoms with Gasteiger partial charge < -0.3 is 4.74 Å². The molecule has 0 atom stereocenters. The van der Waals surface area contributed by atoms with Crippen LogP contribution in [0.15, 0.2) is 41.6 Å². The fourth-order valence-corrected chi connectivity index (χ4v) is 4.96. The van der Waals surface area contributed by atoms with E-state index in [-0.39, 0.29) is 0 Å². The van der Waals surface area contributed by atoms with Crippen LogP contribution in [-0.4, -0.2) is 50.7 Å². The summed E-state index contributed by atoms with van der Waals surface area (Å²) < 4.78 is 7.43. The van der Waals surface area contributed by atoms with E-state index in [2.05, 4.69) is 32.8 Å². The van der Waals surface area contributed by atoms with E-state index >= 15 is 0 Å². The maximum absolute atomic E-state index is 5.44. The summed E-state index contributed by atoms with van der Waals surface area (Å²) in [6, 6.07) is 4.22. The summed E-state index contributed by atoms with van der Waals surface area (Å²) in [4.78, 5) is 18.6. The van der Waals surface area contributed by atoms with Gasteiger partial charge in [0.15, 0.2) is 5.82 Å². The van der Waals surface area contributed by atoms with Crippen LogP contribution in [0.25, 0.3) is 26.5 Å². The molecule has 1 aliphatic rings. The van der Waals surface area contributed by atoms with E-state index in [1.807, 2.05) is 10.8 Å². The van der Waals surface area contributed by atoms with Gasteiger partial charge in [0.05, 0.1) is 25.1 Å². The highest BCUT2D eigenvalue weighted by molar-refractivity contribution is 7.18. The van der Waals surface area contributed by atoms with Crippen LogP contribution < -0.4 is 0 Å². The molecule has 26 heavy (non-hydrogen) atoms. The first kappa shape index (κ1) is 16.1. The Kier molecular flexibility index (Phi) is 4.25. The van der Waals surface area contributed by atoms with Gasteiger partial charge in [0.25, 0.3) is 0 Å². The first-order valence-corrected chi connectivity index (χ1v) is 10.2. The first-order chi connectivity index (χ1) is 12.9. The minimum Gasteiger partial charge on any atom is -0.379 e. The normalized spacial score (nSPS) is 15.7. The largest absolute Gasteiger partial charge is 0.379 e. The van der Waals surface area contributed by atoms with E-state index in [4.69, 9.17) is 14.7 Å². The molecule has 0 unspecified atom stereocenters. The van der Waals surface area contributed by atoms with Crippen molar-refractivity contribution in [3.63, 3.8) is 0 Å². The molecule has 0 amide bonds. The summed E-state index contributed by atoms with van der Waals surface area (Å²) in [6.45, 7) is 4.14. The van der Waals surface area contributed by atoms with E-state index in [0.717, 1.165) is 54.7 Å². The van der Waals surface area contributed by atoms with E-state index in [0.29, 0.717) is 0 Å². The fraction of sp³-hybridized carbons (Fsp3) is 0.278. The van der Waals surface area contributed by atoms with Crippen LogP contribution in [0.1, 0.15) is 5.82 Å². The van der Waals surface area contributed by atoms with E-state index in [9.17, 15) is 0 Å². The van der Waals surface area contributed by atoms with Gasteiger partial charge in [-0.05, 0) is 11.4 Å². The maximum atomic E-state index is 5.44. The third-order valence-corrected chi connectivity index (χ3v) is 6.24. The van der Waals surface area contributed by atoms with Gasteiger partial charge in [-0.1, -0.05) is 6.07 Å². The second-order valence-electron chi connectivity index (χ2n) is 6.13. The average Bonchev–Trinajstić information content (AvgIpc) is 3.42. The Morgan fingerprint density at radius 1 is 1.15 bits per heavy atom. The highest BCUT2D eigenvalue weighted by Gasteiger charge is 2.19. The average molecular weight is 384 g/mol. The lowest BCUT2D eigenvalue weighted by molar-refractivity contribution is 0.0331. The van der Waals surface area contributed by atoms with Crippen molar-refractivity contribution in [3.8, 4) is 16.3 Å².